The summed E-state index contributed by atoms with van der Waals surface area (Å²) in [4.78, 5) is 25.3. The number of amides is 1. The zero-order chi connectivity index (χ0) is 26.3. The molecule has 5 heterocycles. The Kier molecular flexibility index (Phi) is 5.54. The van der Waals surface area contributed by atoms with Crippen LogP contribution in [0.4, 0.5) is 4.79 Å². The van der Waals surface area contributed by atoms with E-state index in [4.69, 9.17) is 26.4 Å². The first-order chi connectivity index (χ1) is 18.1. The van der Waals surface area contributed by atoms with Gasteiger partial charge in [0, 0.05) is 40.0 Å². The van der Waals surface area contributed by atoms with Crippen molar-refractivity contribution in [2.45, 2.75) is 95.4 Å². The molecular formula is C29H32ClN5O2S. The first kappa shape index (κ1) is 24.3. The highest BCUT2D eigenvalue weighted by Gasteiger charge is 2.46. The average Bonchev–Trinajstić information content (AvgIpc) is 3.14. The van der Waals surface area contributed by atoms with Gasteiger partial charge >= 0.3 is 6.09 Å². The molecule has 1 saturated carbocycles. The largest absolute Gasteiger partial charge is 0.444 e. The molecule has 0 radical (unpaired) electrons. The van der Waals surface area contributed by atoms with E-state index in [2.05, 4.69) is 33.4 Å². The van der Waals surface area contributed by atoms with Gasteiger partial charge in [-0.15, -0.1) is 11.3 Å². The molecule has 3 unspecified atom stereocenters. The standard InChI is InChI=1S/C29H32ClN5O2S/c1-15-31-26(20-7-8-38-27(20)32-15)23-12-21(23)22-9-16-14-34(33-25(16)13-24(22)30)19-10-17-5-6-18(11-19)35(17)28(36)37-29(2,3)4/h7-9,13-14,17-19,21,23H,5-6,10-12H2,1-4H3/t17-,18+,19?,21?,23?. The molecule has 0 spiro atoms. The quantitative estimate of drug-likeness (QED) is 0.266. The van der Waals surface area contributed by atoms with Crippen LogP contribution in [-0.4, -0.2) is 48.4 Å². The van der Waals surface area contributed by atoms with Gasteiger partial charge in [0.15, 0.2) is 0 Å². The lowest BCUT2D eigenvalue weighted by Gasteiger charge is -2.39. The number of hydrogen-bond acceptors (Lipinski definition) is 6. The summed E-state index contributed by atoms with van der Waals surface area (Å²) in [5.41, 5.74) is 2.78. The molecular weight excluding hydrogens is 518 g/mol. The highest BCUT2D eigenvalue weighted by molar-refractivity contribution is 7.16. The molecule has 4 aromatic rings. The van der Waals surface area contributed by atoms with E-state index in [1.165, 1.54) is 10.9 Å². The van der Waals surface area contributed by atoms with Gasteiger partial charge < -0.3 is 9.64 Å². The number of piperidine rings is 1. The topological polar surface area (TPSA) is 73.1 Å². The first-order valence-corrected chi connectivity index (χ1v) is 14.8. The summed E-state index contributed by atoms with van der Waals surface area (Å²) in [5, 5.41) is 10.1. The molecule has 198 valence electrons. The SMILES string of the molecule is Cc1nc(C2CC2c2cc3cn(C4C[C@H]5CC[C@@H](C4)N5C(=O)OC(C)(C)C)nc3cc2Cl)c2ccsc2n1. The summed E-state index contributed by atoms with van der Waals surface area (Å²) < 4.78 is 7.83. The summed E-state index contributed by atoms with van der Waals surface area (Å²) >= 11 is 8.51. The Morgan fingerprint density at radius 3 is 2.58 bits per heavy atom. The second kappa shape index (κ2) is 8.65. The maximum atomic E-state index is 12.9. The van der Waals surface area contributed by atoms with Gasteiger partial charge in [-0.1, -0.05) is 11.6 Å². The molecule has 1 amide bonds. The van der Waals surface area contributed by atoms with Crippen LogP contribution >= 0.6 is 22.9 Å². The van der Waals surface area contributed by atoms with E-state index in [9.17, 15) is 4.79 Å². The third-order valence-electron chi connectivity index (χ3n) is 8.33. The van der Waals surface area contributed by atoms with Crippen molar-refractivity contribution in [1.82, 2.24) is 24.6 Å². The summed E-state index contributed by atoms with van der Waals surface area (Å²) in [6.45, 7) is 7.75. The Labute approximate surface area is 231 Å². The zero-order valence-electron chi connectivity index (χ0n) is 22.1. The Bertz CT molecular complexity index is 1560. The maximum Gasteiger partial charge on any atom is 0.410 e. The highest BCUT2D eigenvalue weighted by Crippen LogP contribution is 2.57. The van der Waals surface area contributed by atoms with Crippen molar-refractivity contribution >= 4 is 50.2 Å². The van der Waals surface area contributed by atoms with Crippen molar-refractivity contribution in [2.75, 3.05) is 0 Å². The molecule has 9 heteroatoms. The molecule has 5 atom stereocenters. The van der Waals surface area contributed by atoms with Crippen molar-refractivity contribution in [3.8, 4) is 0 Å². The number of aromatic nitrogens is 4. The average molecular weight is 550 g/mol. The van der Waals surface area contributed by atoms with Crippen LogP contribution in [0.5, 0.6) is 0 Å². The Morgan fingerprint density at radius 2 is 1.84 bits per heavy atom. The van der Waals surface area contributed by atoms with Gasteiger partial charge in [-0.2, -0.15) is 5.10 Å². The summed E-state index contributed by atoms with van der Waals surface area (Å²) in [5.74, 6) is 1.56. The second-order valence-corrected chi connectivity index (χ2v) is 13.5. The van der Waals surface area contributed by atoms with E-state index in [1.54, 1.807) is 11.3 Å². The highest BCUT2D eigenvalue weighted by atomic mass is 35.5. The number of ether oxygens (including phenoxy) is 1. The molecule has 2 saturated heterocycles. The number of aryl methyl sites for hydroxylation is 1. The van der Waals surface area contributed by atoms with Crippen LogP contribution in [0.15, 0.2) is 29.8 Å². The number of benzene rings is 1. The lowest BCUT2D eigenvalue weighted by Crippen LogP contribution is -2.48. The molecule has 0 N–H and O–H groups in total. The van der Waals surface area contributed by atoms with Crippen LogP contribution in [0.25, 0.3) is 21.1 Å². The molecule has 2 aliphatic heterocycles. The first-order valence-electron chi connectivity index (χ1n) is 13.6. The normalized spacial score (nSPS) is 26.9. The third-order valence-corrected chi connectivity index (χ3v) is 9.47. The number of nitrogens with zero attached hydrogens (tertiary/aromatic N) is 5. The summed E-state index contributed by atoms with van der Waals surface area (Å²) in [6.07, 6.45) is 6.90. The number of halogens is 1. The van der Waals surface area contributed by atoms with Crippen molar-refractivity contribution in [1.29, 1.82) is 0 Å². The van der Waals surface area contributed by atoms with Gasteiger partial charge in [-0.3, -0.25) is 4.68 Å². The fourth-order valence-corrected chi connectivity index (χ4v) is 7.76. The van der Waals surface area contributed by atoms with Crippen molar-refractivity contribution in [3.63, 3.8) is 0 Å². The molecule has 1 aliphatic carbocycles. The monoisotopic (exact) mass is 549 g/mol. The molecule has 3 aliphatic rings. The number of carbonyl (C=O) groups is 1. The predicted molar refractivity (Wildman–Crippen MR) is 150 cm³/mol. The summed E-state index contributed by atoms with van der Waals surface area (Å²) in [7, 11) is 0. The predicted octanol–water partition coefficient (Wildman–Crippen LogP) is 7.38. The number of thiophene rings is 1. The number of rotatable bonds is 3. The van der Waals surface area contributed by atoms with Crippen molar-refractivity contribution in [3.05, 3.63) is 51.9 Å². The molecule has 7 rings (SSSR count). The Hall–Kier alpha value is -2.71. The minimum Gasteiger partial charge on any atom is -0.444 e. The van der Waals surface area contributed by atoms with Crippen LogP contribution in [0.2, 0.25) is 5.02 Å². The minimum atomic E-state index is -0.480. The Morgan fingerprint density at radius 1 is 1.08 bits per heavy atom. The molecule has 38 heavy (non-hydrogen) atoms. The lowest BCUT2D eigenvalue weighted by molar-refractivity contribution is 0.00234. The van der Waals surface area contributed by atoms with Gasteiger partial charge in [0.25, 0.3) is 0 Å². The molecule has 2 bridgehead atoms. The fraction of sp³-hybridized carbons (Fsp3) is 0.517. The van der Waals surface area contributed by atoms with E-state index in [-0.39, 0.29) is 24.2 Å². The Balaban J connectivity index is 1.12. The van der Waals surface area contributed by atoms with Gasteiger partial charge in [-0.25, -0.2) is 14.8 Å². The van der Waals surface area contributed by atoms with Gasteiger partial charge in [0.1, 0.15) is 16.3 Å². The van der Waals surface area contributed by atoms with Crippen LogP contribution in [0.3, 0.4) is 0 Å². The maximum absolute atomic E-state index is 12.9. The van der Waals surface area contributed by atoms with Gasteiger partial charge in [-0.05, 0) is 94.9 Å². The van der Waals surface area contributed by atoms with Gasteiger partial charge in [0.05, 0.1) is 17.3 Å². The molecule has 1 aromatic carbocycles. The van der Waals surface area contributed by atoms with Crippen LogP contribution in [-0.2, 0) is 4.74 Å². The second-order valence-electron chi connectivity index (χ2n) is 12.2. The zero-order valence-corrected chi connectivity index (χ0v) is 23.7. The lowest BCUT2D eigenvalue weighted by atomic mass is 9.98. The van der Waals surface area contributed by atoms with Crippen LogP contribution in [0, 0.1) is 6.92 Å². The number of fused-ring (bicyclic) bond motifs is 4. The number of hydrogen-bond donors (Lipinski definition) is 0. The molecule has 3 aromatic heterocycles. The van der Waals surface area contributed by atoms with Crippen LogP contribution in [0.1, 0.15) is 87.8 Å². The molecule has 3 fully saturated rings. The van der Waals surface area contributed by atoms with E-state index < -0.39 is 5.60 Å². The van der Waals surface area contributed by atoms with Crippen molar-refractivity contribution < 1.29 is 9.53 Å². The van der Waals surface area contributed by atoms with E-state index in [1.807, 2.05) is 38.7 Å². The van der Waals surface area contributed by atoms with E-state index in [0.29, 0.717) is 11.8 Å². The van der Waals surface area contributed by atoms with Gasteiger partial charge in [0.2, 0.25) is 0 Å². The van der Waals surface area contributed by atoms with E-state index >= 15 is 0 Å². The fourth-order valence-electron chi connectivity index (χ4n) is 6.64. The minimum absolute atomic E-state index is 0.178. The van der Waals surface area contributed by atoms with Crippen LogP contribution < -0.4 is 0 Å². The molecule has 7 nitrogen and oxygen atoms in total. The smallest absolute Gasteiger partial charge is 0.410 e. The number of carbonyl (C=O) groups excluding carboxylic acids is 1. The summed E-state index contributed by atoms with van der Waals surface area (Å²) in [6, 6.07) is 7.07. The third kappa shape index (κ3) is 4.16. The van der Waals surface area contributed by atoms with E-state index in [0.717, 1.165) is 64.4 Å². The van der Waals surface area contributed by atoms with Crippen molar-refractivity contribution in [2.24, 2.45) is 0 Å².